The van der Waals surface area contributed by atoms with Crippen molar-refractivity contribution in [1.82, 2.24) is 10.2 Å². The van der Waals surface area contributed by atoms with Crippen molar-refractivity contribution >= 4 is 11.7 Å². The molecule has 2 fully saturated rings. The summed E-state index contributed by atoms with van der Waals surface area (Å²) in [7, 11) is 1.76. The zero-order valence-corrected chi connectivity index (χ0v) is 11.2. The molecule has 5 heteroatoms. The third kappa shape index (κ3) is 2.09. The molecule has 0 radical (unpaired) electrons. The summed E-state index contributed by atoms with van der Waals surface area (Å²) in [6.45, 7) is 3.51. The van der Waals surface area contributed by atoms with E-state index in [-0.39, 0.29) is 17.8 Å². The van der Waals surface area contributed by atoms with Gasteiger partial charge < -0.3 is 10.1 Å². The van der Waals surface area contributed by atoms with E-state index in [0.29, 0.717) is 5.76 Å². The molecule has 0 aromatic heterocycles. The van der Waals surface area contributed by atoms with Crippen LogP contribution in [0.25, 0.3) is 0 Å². The summed E-state index contributed by atoms with van der Waals surface area (Å²) < 4.78 is 5.61. The van der Waals surface area contributed by atoms with Gasteiger partial charge in [-0.1, -0.05) is 12.8 Å². The van der Waals surface area contributed by atoms with Gasteiger partial charge in [0.15, 0.2) is 17.2 Å². The maximum absolute atomic E-state index is 12.4. The average Bonchev–Trinajstić information content (AvgIpc) is 2.80. The van der Waals surface area contributed by atoms with Crippen LogP contribution in [0.5, 0.6) is 0 Å². The maximum Gasteiger partial charge on any atom is 0.272 e. The Morgan fingerprint density at radius 3 is 2.61 bits per heavy atom. The second-order valence-corrected chi connectivity index (χ2v) is 5.37. The zero-order chi connectivity index (χ0) is 13.3. The maximum atomic E-state index is 12.4. The molecule has 1 saturated carbocycles. The summed E-state index contributed by atoms with van der Waals surface area (Å²) in [6.07, 6.45) is 5.87. The van der Waals surface area contributed by atoms with Crippen molar-refractivity contribution in [3.63, 3.8) is 0 Å². The number of nitrogens with one attached hydrogen (secondary N) is 2. The molecule has 1 aliphatic heterocycles. The lowest BCUT2D eigenvalue weighted by atomic mass is 10.0. The van der Waals surface area contributed by atoms with Crippen molar-refractivity contribution in [1.29, 1.82) is 5.41 Å². The van der Waals surface area contributed by atoms with Gasteiger partial charge in [0.25, 0.3) is 5.91 Å². The van der Waals surface area contributed by atoms with Crippen molar-refractivity contribution in [3.05, 3.63) is 12.0 Å². The van der Waals surface area contributed by atoms with Gasteiger partial charge in [-0.15, -0.1) is 0 Å². The van der Waals surface area contributed by atoms with E-state index >= 15 is 0 Å². The van der Waals surface area contributed by atoms with Gasteiger partial charge >= 0.3 is 0 Å². The normalized spacial score (nSPS) is 26.6. The Morgan fingerprint density at radius 2 is 2.06 bits per heavy atom. The summed E-state index contributed by atoms with van der Waals surface area (Å²) in [5.41, 5.74) is -0.893. The van der Waals surface area contributed by atoms with E-state index in [1.165, 1.54) is 0 Å². The molecular formula is C13H21N3O2. The van der Waals surface area contributed by atoms with E-state index in [0.717, 1.165) is 25.7 Å². The van der Waals surface area contributed by atoms with E-state index in [9.17, 15) is 4.79 Å². The molecule has 0 aromatic carbocycles. The topological polar surface area (TPSA) is 65.4 Å². The first-order chi connectivity index (χ1) is 8.47. The Morgan fingerprint density at radius 1 is 1.44 bits per heavy atom. The van der Waals surface area contributed by atoms with E-state index in [1.54, 1.807) is 32.0 Å². The summed E-state index contributed by atoms with van der Waals surface area (Å²) in [5, 5.41) is 11.0. The Labute approximate surface area is 108 Å². The summed E-state index contributed by atoms with van der Waals surface area (Å²) in [6, 6.07) is 0.161. The Bertz CT molecular complexity index is 395. The number of morpholine rings is 1. The Hall–Kier alpha value is -1.52. The fourth-order valence-electron chi connectivity index (χ4n) is 2.62. The van der Waals surface area contributed by atoms with Crippen LogP contribution in [0.4, 0.5) is 0 Å². The molecule has 5 nitrogen and oxygen atoms in total. The number of carbonyl (C=O) groups excluding carboxylic acids is 1. The van der Waals surface area contributed by atoms with Gasteiger partial charge in [-0.25, -0.2) is 0 Å². The number of carbonyl (C=O) groups is 1. The Balaban J connectivity index is 2.32. The summed E-state index contributed by atoms with van der Waals surface area (Å²) >= 11 is 0. The van der Waals surface area contributed by atoms with E-state index in [4.69, 9.17) is 10.1 Å². The number of ether oxygens (including phenoxy) is 1. The molecule has 1 aliphatic carbocycles. The summed E-state index contributed by atoms with van der Waals surface area (Å²) in [5.74, 6) is 0.516. The highest BCUT2D eigenvalue weighted by atomic mass is 16.5. The Kier molecular flexibility index (Phi) is 3.32. The number of hydrogen-bond acceptors (Lipinski definition) is 4. The molecule has 1 saturated heterocycles. The minimum atomic E-state index is -0.893. The second-order valence-electron chi connectivity index (χ2n) is 5.37. The van der Waals surface area contributed by atoms with Crippen molar-refractivity contribution in [3.8, 4) is 0 Å². The van der Waals surface area contributed by atoms with E-state index in [1.807, 2.05) is 0 Å². The molecule has 0 spiro atoms. The highest BCUT2D eigenvalue weighted by Crippen LogP contribution is 2.32. The second kappa shape index (κ2) is 4.63. The third-order valence-electron chi connectivity index (χ3n) is 3.54. The molecule has 18 heavy (non-hydrogen) atoms. The van der Waals surface area contributed by atoms with Crippen LogP contribution in [0.3, 0.4) is 0 Å². The standard InChI is InChI=1S/C13H21N3O2/c1-13(2)12(17)16(9-6-4-5-7-9)11(14)10(18-13)8-15-3/h8-9,14-15H,4-7H2,1-3H3/b10-8+,14-11?. The van der Waals surface area contributed by atoms with Gasteiger partial charge in [-0.05, 0) is 26.7 Å². The average molecular weight is 251 g/mol. The predicted molar refractivity (Wildman–Crippen MR) is 69.1 cm³/mol. The van der Waals surface area contributed by atoms with Crippen LogP contribution in [0.2, 0.25) is 0 Å². The number of hydrogen-bond donors (Lipinski definition) is 2. The monoisotopic (exact) mass is 251 g/mol. The number of nitrogens with zero attached hydrogens (tertiary/aromatic N) is 1. The van der Waals surface area contributed by atoms with Crippen molar-refractivity contribution in [2.45, 2.75) is 51.2 Å². The predicted octanol–water partition coefficient (Wildman–Crippen LogP) is 1.60. The van der Waals surface area contributed by atoms with Crippen LogP contribution in [-0.2, 0) is 9.53 Å². The van der Waals surface area contributed by atoms with Gasteiger partial charge in [0.2, 0.25) is 0 Å². The molecule has 0 atom stereocenters. The van der Waals surface area contributed by atoms with Gasteiger partial charge in [0.05, 0.1) is 0 Å². The molecule has 0 aromatic rings. The number of rotatable bonds is 2. The van der Waals surface area contributed by atoms with Gasteiger partial charge in [-0.3, -0.25) is 15.1 Å². The molecule has 2 rings (SSSR count). The number of amides is 1. The van der Waals surface area contributed by atoms with Crippen LogP contribution in [0, 0.1) is 5.41 Å². The van der Waals surface area contributed by atoms with Crippen molar-refractivity contribution in [2.75, 3.05) is 7.05 Å². The lowest BCUT2D eigenvalue weighted by Crippen LogP contribution is -2.58. The minimum absolute atomic E-state index is 0.104. The first-order valence-electron chi connectivity index (χ1n) is 6.46. The molecule has 0 bridgehead atoms. The van der Waals surface area contributed by atoms with Crippen LogP contribution < -0.4 is 5.32 Å². The first kappa shape index (κ1) is 12.9. The van der Waals surface area contributed by atoms with Gasteiger partial charge in [0.1, 0.15) is 0 Å². The smallest absolute Gasteiger partial charge is 0.272 e. The van der Waals surface area contributed by atoms with Crippen LogP contribution >= 0.6 is 0 Å². The zero-order valence-electron chi connectivity index (χ0n) is 11.2. The third-order valence-corrected chi connectivity index (χ3v) is 3.54. The van der Waals surface area contributed by atoms with Crippen LogP contribution in [-0.4, -0.2) is 35.3 Å². The van der Waals surface area contributed by atoms with E-state index in [2.05, 4.69) is 5.32 Å². The number of amidine groups is 1. The van der Waals surface area contributed by atoms with E-state index < -0.39 is 5.60 Å². The summed E-state index contributed by atoms with van der Waals surface area (Å²) in [4.78, 5) is 14.0. The van der Waals surface area contributed by atoms with Gasteiger partial charge in [-0.2, -0.15) is 0 Å². The molecule has 2 N–H and O–H groups in total. The van der Waals surface area contributed by atoms with Crippen LogP contribution in [0.1, 0.15) is 39.5 Å². The molecule has 1 heterocycles. The van der Waals surface area contributed by atoms with Crippen LogP contribution in [0.15, 0.2) is 12.0 Å². The van der Waals surface area contributed by atoms with Gasteiger partial charge in [0, 0.05) is 19.3 Å². The molecule has 1 amide bonds. The lowest BCUT2D eigenvalue weighted by Gasteiger charge is -2.41. The quantitative estimate of drug-likeness (QED) is 0.783. The lowest BCUT2D eigenvalue weighted by molar-refractivity contribution is -0.150. The first-order valence-corrected chi connectivity index (χ1v) is 6.46. The molecular weight excluding hydrogens is 230 g/mol. The van der Waals surface area contributed by atoms with Crippen molar-refractivity contribution in [2.24, 2.45) is 0 Å². The fraction of sp³-hybridized carbons (Fsp3) is 0.692. The SMILES string of the molecule is CN/C=C1/OC(C)(C)C(=O)N(C2CCCC2)C1=N. The molecule has 100 valence electrons. The highest BCUT2D eigenvalue weighted by molar-refractivity contribution is 6.09. The molecule has 2 aliphatic rings. The molecule has 0 unspecified atom stereocenters. The minimum Gasteiger partial charge on any atom is -0.473 e. The largest absolute Gasteiger partial charge is 0.473 e. The highest BCUT2D eigenvalue weighted by Gasteiger charge is 2.46. The van der Waals surface area contributed by atoms with Crippen molar-refractivity contribution < 1.29 is 9.53 Å². The fourth-order valence-corrected chi connectivity index (χ4v) is 2.62.